The Morgan fingerprint density at radius 2 is 1.92 bits per heavy atom. The van der Waals surface area contributed by atoms with Crippen molar-refractivity contribution >= 4 is 17.5 Å². The van der Waals surface area contributed by atoms with Crippen molar-refractivity contribution in [2.75, 3.05) is 12.4 Å². The van der Waals surface area contributed by atoms with Gasteiger partial charge in [0, 0.05) is 12.0 Å². The molecule has 0 spiro atoms. The van der Waals surface area contributed by atoms with Crippen LogP contribution in [0.4, 0.5) is 0 Å². The van der Waals surface area contributed by atoms with E-state index in [0.29, 0.717) is 18.1 Å². The maximum absolute atomic E-state index is 13.1. The number of ketones is 1. The summed E-state index contributed by atoms with van der Waals surface area (Å²) in [7, 11) is 0. The molecular formula is C18H26N4O2S. The number of carbonyl (C=O) groups is 1. The van der Waals surface area contributed by atoms with E-state index in [1.54, 1.807) is 0 Å². The summed E-state index contributed by atoms with van der Waals surface area (Å²) >= 11 is 1.52. The fourth-order valence-corrected chi connectivity index (χ4v) is 7.05. The second kappa shape index (κ2) is 6.34. The minimum atomic E-state index is -0.0193. The normalized spacial score (nSPS) is 39.2. The van der Waals surface area contributed by atoms with Crippen LogP contribution in [0.2, 0.25) is 0 Å². The summed E-state index contributed by atoms with van der Waals surface area (Å²) < 4.78 is 7.49. The SMILES string of the molecule is O=C(CSc1nnnn1C[C@@H]1CCCO1)C12CC3CC(CC(C3)C1)C2. The van der Waals surface area contributed by atoms with Gasteiger partial charge in [-0.15, -0.1) is 5.10 Å². The van der Waals surface area contributed by atoms with E-state index in [0.717, 1.165) is 61.6 Å². The lowest BCUT2D eigenvalue weighted by Gasteiger charge is -2.56. The van der Waals surface area contributed by atoms with Crippen LogP contribution < -0.4 is 0 Å². The van der Waals surface area contributed by atoms with Gasteiger partial charge in [-0.2, -0.15) is 0 Å². The van der Waals surface area contributed by atoms with Gasteiger partial charge in [-0.25, -0.2) is 4.68 Å². The molecule has 0 amide bonds. The first-order valence-corrected chi connectivity index (χ1v) is 10.7. The van der Waals surface area contributed by atoms with E-state index in [1.165, 1.54) is 31.0 Å². The first-order valence-electron chi connectivity index (χ1n) is 9.74. The minimum absolute atomic E-state index is 0.0193. The van der Waals surface area contributed by atoms with E-state index >= 15 is 0 Å². The molecule has 4 saturated carbocycles. The first-order chi connectivity index (χ1) is 12.2. The summed E-state index contributed by atoms with van der Waals surface area (Å²) in [6.07, 6.45) is 9.92. The number of carbonyl (C=O) groups excluding carboxylic acids is 1. The summed E-state index contributed by atoms with van der Waals surface area (Å²) in [5.41, 5.74) is -0.0193. The van der Waals surface area contributed by atoms with Gasteiger partial charge in [0.25, 0.3) is 0 Å². The van der Waals surface area contributed by atoms with Crippen molar-refractivity contribution in [2.45, 2.75) is 69.2 Å². The van der Waals surface area contributed by atoms with E-state index in [-0.39, 0.29) is 11.5 Å². The third-order valence-electron chi connectivity index (χ3n) is 6.86. The molecule has 2 heterocycles. The molecule has 1 atom stereocenters. The van der Waals surface area contributed by atoms with Crippen LogP contribution >= 0.6 is 11.8 Å². The maximum atomic E-state index is 13.1. The predicted molar refractivity (Wildman–Crippen MR) is 93.1 cm³/mol. The summed E-state index contributed by atoms with van der Waals surface area (Å²) in [6.45, 7) is 1.53. The number of ether oxygens (including phenoxy) is 1. The number of thioether (sulfide) groups is 1. The lowest BCUT2D eigenvalue weighted by molar-refractivity contribution is -0.141. The Morgan fingerprint density at radius 1 is 1.20 bits per heavy atom. The Balaban J connectivity index is 1.23. The molecule has 6 rings (SSSR count). The third-order valence-corrected chi connectivity index (χ3v) is 7.82. The van der Waals surface area contributed by atoms with Gasteiger partial charge in [0.2, 0.25) is 5.16 Å². The molecule has 1 aromatic rings. The van der Waals surface area contributed by atoms with Crippen LogP contribution in [0.25, 0.3) is 0 Å². The summed E-state index contributed by atoms with van der Waals surface area (Å²) in [5.74, 6) is 3.39. The average Bonchev–Trinajstić information content (AvgIpc) is 3.24. The zero-order chi connectivity index (χ0) is 16.9. The van der Waals surface area contributed by atoms with Crippen LogP contribution in [0, 0.1) is 23.2 Å². The van der Waals surface area contributed by atoms with Gasteiger partial charge < -0.3 is 4.74 Å². The zero-order valence-corrected chi connectivity index (χ0v) is 15.4. The molecule has 4 aliphatic carbocycles. The summed E-state index contributed by atoms with van der Waals surface area (Å²) in [4.78, 5) is 13.1. The molecule has 5 fully saturated rings. The van der Waals surface area contributed by atoms with Crippen molar-refractivity contribution < 1.29 is 9.53 Å². The van der Waals surface area contributed by atoms with Crippen molar-refractivity contribution in [1.82, 2.24) is 20.2 Å². The van der Waals surface area contributed by atoms with Crippen molar-refractivity contribution in [3.63, 3.8) is 0 Å². The van der Waals surface area contributed by atoms with Gasteiger partial charge in [-0.1, -0.05) is 11.8 Å². The number of aromatic nitrogens is 4. The second-order valence-electron chi connectivity index (χ2n) is 8.69. The highest BCUT2D eigenvalue weighted by Gasteiger charge is 2.54. The molecule has 0 unspecified atom stereocenters. The minimum Gasteiger partial charge on any atom is -0.376 e. The van der Waals surface area contributed by atoms with E-state index in [9.17, 15) is 4.79 Å². The molecule has 0 N–H and O–H groups in total. The monoisotopic (exact) mass is 362 g/mol. The first kappa shape index (κ1) is 16.2. The molecule has 1 saturated heterocycles. The van der Waals surface area contributed by atoms with Crippen LogP contribution in [0.3, 0.4) is 0 Å². The number of hydrogen-bond acceptors (Lipinski definition) is 6. The molecule has 1 aliphatic heterocycles. The van der Waals surface area contributed by atoms with Gasteiger partial charge in [-0.05, 0) is 79.5 Å². The number of rotatable bonds is 6. The van der Waals surface area contributed by atoms with Gasteiger partial charge in [-0.3, -0.25) is 4.79 Å². The number of hydrogen-bond donors (Lipinski definition) is 0. The maximum Gasteiger partial charge on any atom is 0.209 e. The number of tetrazole rings is 1. The fraction of sp³-hybridized carbons (Fsp3) is 0.889. The van der Waals surface area contributed by atoms with Crippen LogP contribution in [0.15, 0.2) is 5.16 Å². The molecule has 0 aromatic carbocycles. The highest BCUT2D eigenvalue weighted by atomic mass is 32.2. The van der Waals surface area contributed by atoms with Crippen molar-refractivity contribution in [2.24, 2.45) is 23.2 Å². The van der Waals surface area contributed by atoms with Crippen LogP contribution in [-0.2, 0) is 16.1 Å². The highest BCUT2D eigenvalue weighted by molar-refractivity contribution is 7.99. The highest BCUT2D eigenvalue weighted by Crippen LogP contribution is 2.60. The largest absolute Gasteiger partial charge is 0.376 e. The number of nitrogens with zero attached hydrogens (tertiary/aromatic N) is 4. The van der Waals surface area contributed by atoms with E-state index in [2.05, 4.69) is 15.5 Å². The Morgan fingerprint density at radius 3 is 2.56 bits per heavy atom. The molecule has 136 valence electrons. The zero-order valence-electron chi connectivity index (χ0n) is 14.6. The molecular weight excluding hydrogens is 336 g/mol. The summed E-state index contributed by atoms with van der Waals surface area (Å²) in [6, 6.07) is 0. The molecule has 0 radical (unpaired) electrons. The molecule has 1 aromatic heterocycles. The Bertz CT molecular complexity index is 620. The van der Waals surface area contributed by atoms with Crippen LogP contribution in [0.1, 0.15) is 51.4 Å². The molecule has 4 bridgehead atoms. The molecule has 6 nitrogen and oxygen atoms in total. The lowest BCUT2D eigenvalue weighted by Crippen LogP contribution is -2.50. The predicted octanol–water partition coefficient (Wildman–Crippen LogP) is 2.73. The van der Waals surface area contributed by atoms with Crippen molar-refractivity contribution in [3.8, 4) is 0 Å². The third kappa shape index (κ3) is 3.03. The van der Waals surface area contributed by atoms with E-state index < -0.39 is 0 Å². The fourth-order valence-electron chi connectivity index (χ4n) is 6.13. The number of Topliss-reactive ketones (excluding diaryl/α,β-unsaturated/α-hetero) is 1. The quantitative estimate of drug-likeness (QED) is 0.725. The van der Waals surface area contributed by atoms with Gasteiger partial charge in [0.15, 0.2) is 0 Å². The van der Waals surface area contributed by atoms with E-state index in [4.69, 9.17) is 4.74 Å². The summed E-state index contributed by atoms with van der Waals surface area (Å²) in [5, 5.41) is 12.8. The Labute approximate surface area is 152 Å². The Hall–Kier alpha value is -0.950. The van der Waals surface area contributed by atoms with Gasteiger partial charge >= 0.3 is 0 Å². The van der Waals surface area contributed by atoms with Crippen molar-refractivity contribution in [1.29, 1.82) is 0 Å². The molecule has 25 heavy (non-hydrogen) atoms. The molecule has 5 aliphatic rings. The standard InChI is InChI=1S/C18H26N4O2S/c23-16(18-7-12-4-13(8-18)6-14(5-12)9-18)11-25-17-19-20-21-22(17)10-15-2-1-3-24-15/h12-15H,1-11H2/t12?,13?,14?,15-,18?/m0/s1. The Kier molecular flexibility index (Phi) is 4.12. The van der Waals surface area contributed by atoms with Gasteiger partial charge in [0.05, 0.1) is 18.4 Å². The van der Waals surface area contributed by atoms with Crippen molar-refractivity contribution in [3.05, 3.63) is 0 Å². The van der Waals surface area contributed by atoms with Crippen LogP contribution in [0.5, 0.6) is 0 Å². The topological polar surface area (TPSA) is 69.9 Å². The van der Waals surface area contributed by atoms with Gasteiger partial charge in [0.1, 0.15) is 5.78 Å². The second-order valence-corrected chi connectivity index (χ2v) is 9.63. The lowest BCUT2D eigenvalue weighted by atomic mass is 9.48. The smallest absolute Gasteiger partial charge is 0.209 e. The molecule has 7 heteroatoms. The van der Waals surface area contributed by atoms with E-state index in [1.807, 2.05) is 4.68 Å². The average molecular weight is 362 g/mol. The van der Waals surface area contributed by atoms with Crippen LogP contribution in [-0.4, -0.2) is 44.5 Å².